The summed E-state index contributed by atoms with van der Waals surface area (Å²) in [6, 6.07) is 4.31. The Morgan fingerprint density at radius 3 is 2.67 bits per heavy atom. The fraction of sp³-hybridized carbons (Fsp3) is 0.400. The van der Waals surface area contributed by atoms with Gasteiger partial charge in [0.2, 0.25) is 0 Å². The Bertz CT molecular complexity index is 364. The lowest BCUT2D eigenvalue weighted by Crippen LogP contribution is -2.43. The van der Waals surface area contributed by atoms with Crippen molar-refractivity contribution in [3.8, 4) is 0 Å². The van der Waals surface area contributed by atoms with Crippen LogP contribution in [0.5, 0.6) is 0 Å². The van der Waals surface area contributed by atoms with E-state index in [0.717, 1.165) is 26.2 Å². The Morgan fingerprint density at radius 1 is 1.33 bits per heavy atom. The normalized spacial score (nSPS) is 16.5. The number of nitrogens with one attached hydrogen (secondary N) is 1. The smallest absolute Gasteiger partial charge is 0.148 e. The molecule has 2 rings (SSSR count). The van der Waals surface area contributed by atoms with Gasteiger partial charge in [0.05, 0.1) is 5.69 Å². The van der Waals surface area contributed by atoms with Crippen LogP contribution in [0.25, 0.3) is 0 Å². The van der Waals surface area contributed by atoms with Crippen LogP contribution in [0.1, 0.15) is 0 Å². The van der Waals surface area contributed by atoms with E-state index >= 15 is 0 Å². The average molecular weight is 209 g/mol. The third-order valence-corrected chi connectivity index (χ3v) is 2.49. The highest BCUT2D eigenvalue weighted by Gasteiger charge is 2.14. The van der Waals surface area contributed by atoms with E-state index in [4.69, 9.17) is 0 Å². The van der Waals surface area contributed by atoms with E-state index in [1.165, 1.54) is 12.1 Å². The summed E-state index contributed by atoms with van der Waals surface area (Å²) in [6.07, 6.45) is 0. The first-order valence-electron chi connectivity index (χ1n) is 4.90. The van der Waals surface area contributed by atoms with Gasteiger partial charge in [0.1, 0.15) is 11.5 Å². The predicted molar refractivity (Wildman–Crippen MR) is 56.9 cm³/mol. The van der Waals surface area contributed by atoms with Gasteiger partial charge in [-0.2, -0.15) is 0 Å². The van der Waals surface area contributed by atoms with E-state index < -0.39 is 0 Å². The van der Waals surface area contributed by atoms with Crippen molar-refractivity contribution in [2.75, 3.05) is 31.1 Å². The predicted octanol–water partition coefficient (Wildman–Crippen LogP) is 1.63. The SMILES string of the molecule is O=Nc1ccc(N2CCNCC2)c(F)c1. The first kappa shape index (κ1) is 10.0. The topological polar surface area (TPSA) is 44.7 Å². The summed E-state index contributed by atoms with van der Waals surface area (Å²) in [5, 5.41) is 5.89. The molecule has 1 fully saturated rings. The number of nitrogens with zero attached hydrogens (tertiary/aromatic N) is 2. The van der Waals surface area contributed by atoms with Crippen molar-refractivity contribution in [3.63, 3.8) is 0 Å². The number of nitroso groups, excluding NO2 is 1. The lowest BCUT2D eigenvalue weighted by Gasteiger charge is -2.29. The molecule has 4 nitrogen and oxygen atoms in total. The Labute approximate surface area is 87.1 Å². The van der Waals surface area contributed by atoms with Crippen molar-refractivity contribution in [1.82, 2.24) is 5.32 Å². The van der Waals surface area contributed by atoms with Gasteiger partial charge in [0, 0.05) is 32.2 Å². The standard InChI is InChI=1S/C10H12FN3O/c11-9-7-8(13-15)1-2-10(9)14-5-3-12-4-6-14/h1-2,7,12H,3-6H2. The largest absolute Gasteiger partial charge is 0.367 e. The van der Waals surface area contributed by atoms with Crippen LogP contribution in [0, 0.1) is 10.7 Å². The summed E-state index contributed by atoms with van der Waals surface area (Å²) >= 11 is 0. The number of piperazine rings is 1. The third-order valence-electron chi connectivity index (χ3n) is 2.49. The molecule has 1 saturated heterocycles. The molecule has 0 aliphatic carbocycles. The second kappa shape index (κ2) is 4.35. The second-order valence-electron chi connectivity index (χ2n) is 3.46. The molecule has 0 spiro atoms. The monoisotopic (exact) mass is 209 g/mol. The van der Waals surface area contributed by atoms with Crippen LogP contribution in [0.3, 0.4) is 0 Å². The molecule has 1 aliphatic rings. The van der Waals surface area contributed by atoms with Crippen LogP contribution < -0.4 is 10.2 Å². The van der Waals surface area contributed by atoms with Crippen LogP contribution in [0.15, 0.2) is 23.4 Å². The molecular weight excluding hydrogens is 197 g/mol. The lowest BCUT2D eigenvalue weighted by atomic mass is 10.2. The Kier molecular flexibility index (Phi) is 2.91. The molecular formula is C10H12FN3O. The molecule has 0 atom stereocenters. The maximum atomic E-state index is 13.6. The third kappa shape index (κ3) is 2.12. The number of rotatable bonds is 2. The fourth-order valence-corrected chi connectivity index (χ4v) is 1.71. The molecule has 15 heavy (non-hydrogen) atoms. The van der Waals surface area contributed by atoms with Gasteiger partial charge in [0.15, 0.2) is 0 Å². The van der Waals surface area contributed by atoms with Gasteiger partial charge < -0.3 is 10.2 Å². The van der Waals surface area contributed by atoms with E-state index in [1.807, 2.05) is 4.90 Å². The number of hydrogen-bond donors (Lipinski definition) is 1. The zero-order chi connectivity index (χ0) is 10.7. The van der Waals surface area contributed by atoms with Gasteiger partial charge in [-0.3, -0.25) is 0 Å². The van der Waals surface area contributed by atoms with Gasteiger partial charge in [-0.15, -0.1) is 4.91 Å². The van der Waals surface area contributed by atoms with E-state index in [9.17, 15) is 9.30 Å². The quantitative estimate of drug-likeness (QED) is 0.753. The summed E-state index contributed by atoms with van der Waals surface area (Å²) in [6.45, 7) is 3.27. The molecule has 0 saturated carbocycles. The van der Waals surface area contributed by atoms with Crippen LogP contribution in [0.4, 0.5) is 15.8 Å². The minimum absolute atomic E-state index is 0.131. The molecule has 0 unspecified atom stereocenters. The molecule has 0 aromatic heterocycles. The molecule has 80 valence electrons. The van der Waals surface area contributed by atoms with Crippen LogP contribution >= 0.6 is 0 Å². The van der Waals surface area contributed by atoms with Crippen molar-refractivity contribution >= 4 is 11.4 Å². The van der Waals surface area contributed by atoms with Gasteiger partial charge in [-0.25, -0.2) is 4.39 Å². The van der Waals surface area contributed by atoms with Crippen LogP contribution in [-0.2, 0) is 0 Å². The fourth-order valence-electron chi connectivity index (χ4n) is 1.71. The average Bonchev–Trinajstić information content (AvgIpc) is 2.30. The summed E-state index contributed by atoms with van der Waals surface area (Å²) < 4.78 is 13.6. The highest BCUT2D eigenvalue weighted by molar-refractivity contribution is 5.54. The molecule has 0 bridgehead atoms. The van der Waals surface area contributed by atoms with E-state index in [1.54, 1.807) is 6.07 Å². The zero-order valence-electron chi connectivity index (χ0n) is 8.24. The number of anilines is 1. The summed E-state index contributed by atoms with van der Waals surface area (Å²) in [4.78, 5) is 12.2. The van der Waals surface area contributed by atoms with Crippen molar-refractivity contribution in [2.24, 2.45) is 5.18 Å². The minimum Gasteiger partial charge on any atom is -0.367 e. The maximum absolute atomic E-state index is 13.6. The van der Waals surface area contributed by atoms with Gasteiger partial charge in [0.25, 0.3) is 0 Å². The highest BCUT2D eigenvalue weighted by atomic mass is 19.1. The molecule has 5 heteroatoms. The molecule has 1 aliphatic heterocycles. The van der Waals surface area contributed by atoms with Crippen LogP contribution in [-0.4, -0.2) is 26.2 Å². The van der Waals surface area contributed by atoms with E-state index in [0.29, 0.717) is 5.69 Å². The molecule has 1 N–H and O–H groups in total. The first-order valence-corrected chi connectivity index (χ1v) is 4.90. The van der Waals surface area contributed by atoms with Gasteiger partial charge in [-0.1, -0.05) is 0 Å². The summed E-state index contributed by atoms with van der Waals surface area (Å²) in [7, 11) is 0. The van der Waals surface area contributed by atoms with Crippen LogP contribution in [0.2, 0.25) is 0 Å². The Hall–Kier alpha value is -1.49. The van der Waals surface area contributed by atoms with Gasteiger partial charge >= 0.3 is 0 Å². The van der Waals surface area contributed by atoms with Gasteiger partial charge in [-0.05, 0) is 17.3 Å². The lowest BCUT2D eigenvalue weighted by molar-refractivity contribution is 0.566. The maximum Gasteiger partial charge on any atom is 0.148 e. The molecule has 1 aromatic carbocycles. The van der Waals surface area contributed by atoms with E-state index in [2.05, 4.69) is 10.5 Å². The molecule has 1 heterocycles. The number of halogens is 1. The van der Waals surface area contributed by atoms with Crippen molar-refractivity contribution in [3.05, 3.63) is 28.9 Å². The first-order chi connectivity index (χ1) is 7.31. The number of hydrogen-bond acceptors (Lipinski definition) is 4. The zero-order valence-corrected chi connectivity index (χ0v) is 8.24. The number of benzene rings is 1. The van der Waals surface area contributed by atoms with Crippen molar-refractivity contribution < 1.29 is 4.39 Å². The molecule has 0 radical (unpaired) electrons. The highest BCUT2D eigenvalue weighted by Crippen LogP contribution is 2.24. The Morgan fingerprint density at radius 2 is 2.07 bits per heavy atom. The molecule has 0 amide bonds. The van der Waals surface area contributed by atoms with Crippen molar-refractivity contribution in [1.29, 1.82) is 0 Å². The second-order valence-corrected chi connectivity index (χ2v) is 3.46. The summed E-state index contributed by atoms with van der Waals surface area (Å²) in [5.41, 5.74) is 0.676. The van der Waals surface area contributed by atoms with Crippen molar-refractivity contribution in [2.45, 2.75) is 0 Å². The Balaban J connectivity index is 2.23. The summed E-state index contributed by atoms with van der Waals surface area (Å²) in [5.74, 6) is -0.381. The molecule has 1 aromatic rings. The minimum atomic E-state index is -0.381. The van der Waals surface area contributed by atoms with E-state index in [-0.39, 0.29) is 11.5 Å².